The van der Waals surface area contributed by atoms with Gasteiger partial charge in [-0.05, 0) is 34.9 Å². The van der Waals surface area contributed by atoms with E-state index >= 15 is 0 Å². The van der Waals surface area contributed by atoms with Crippen LogP contribution in [0.5, 0.6) is 0 Å². The SMILES string of the molecule is FC(F)(F)c1ccc(-n2ccnc2P(c2ccccc2)c2ccccc2)cc1. The predicted molar refractivity (Wildman–Crippen MR) is 107 cm³/mol. The number of alkyl halides is 3. The molecule has 0 N–H and O–H groups in total. The largest absolute Gasteiger partial charge is 0.416 e. The van der Waals surface area contributed by atoms with Crippen LogP contribution in [-0.4, -0.2) is 9.55 Å². The molecule has 4 aromatic rings. The highest BCUT2D eigenvalue weighted by atomic mass is 31.1. The highest BCUT2D eigenvalue weighted by molar-refractivity contribution is 7.79. The van der Waals surface area contributed by atoms with Crippen LogP contribution in [0.2, 0.25) is 0 Å². The first-order valence-corrected chi connectivity index (χ1v) is 9.99. The Morgan fingerprint density at radius 2 is 1.25 bits per heavy atom. The summed E-state index contributed by atoms with van der Waals surface area (Å²) in [6.07, 6.45) is -0.871. The average Bonchev–Trinajstić information content (AvgIpc) is 3.19. The van der Waals surface area contributed by atoms with Gasteiger partial charge in [-0.3, -0.25) is 4.57 Å². The molecule has 0 spiro atoms. The smallest absolute Gasteiger partial charge is 0.300 e. The second kappa shape index (κ2) is 7.61. The van der Waals surface area contributed by atoms with Gasteiger partial charge in [0.1, 0.15) is 5.57 Å². The lowest BCUT2D eigenvalue weighted by Crippen LogP contribution is -2.27. The van der Waals surface area contributed by atoms with Gasteiger partial charge in [-0.15, -0.1) is 0 Å². The van der Waals surface area contributed by atoms with Crippen molar-refractivity contribution in [1.29, 1.82) is 0 Å². The second-order valence-corrected chi connectivity index (χ2v) is 8.25. The lowest BCUT2D eigenvalue weighted by atomic mass is 10.2. The first kappa shape index (κ1) is 18.5. The van der Waals surface area contributed by atoms with Crippen molar-refractivity contribution in [3.05, 3.63) is 103 Å². The van der Waals surface area contributed by atoms with Crippen LogP contribution in [0.25, 0.3) is 5.69 Å². The zero-order valence-corrected chi connectivity index (χ0v) is 15.6. The third-order valence-corrected chi connectivity index (χ3v) is 6.68. The Bertz CT molecular complexity index is 1000. The van der Waals surface area contributed by atoms with E-state index in [1.54, 1.807) is 12.4 Å². The highest BCUT2D eigenvalue weighted by Crippen LogP contribution is 2.33. The first-order chi connectivity index (χ1) is 13.5. The summed E-state index contributed by atoms with van der Waals surface area (Å²) in [7, 11) is -0.954. The minimum Gasteiger partial charge on any atom is -0.300 e. The van der Waals surface area contributed by atoms with Crippen LogP contribution in [0.3, 0.4) is 0 Å². The summed E-state index contributed by atoms with van der Waals surface area (Å²) < 4.78 is 40.6. The van der Waals surface area contributed by atoms with Crippen LogP contribution in [-0.2, 0) is 6.18 Å². The van der Waals surface area contributed by atoms with Crippen molar-refractivity contribution in [2.24, 2.45) is 0 Å². The summed E-state index contributed by atoms with van der Waals surface area (Å²) in [6.45, 7) is 0. The van der Waals surface area contributed by atoms with Gasteiger partial charge in [0.15, 0.2) is 0 Å². The van der Waals surface area contributed by atoms with Crippen LogP contribution < -0.4 is 16.2 Å². The third-order valence-electron chi connectivity index (χ3n) is 4.32. The summed E-state index contributed by atoms with van der Waals surface area (Å²) in [6, 6.07) is 25.3. The molecule has 0 aliphatic carbocycles. The maximum absolute atomic E-state index is 12.9. The number of nitrogens with zero attached hydrogens (tertiary/aromatic N) is 2. The number of benzene rings is 3. The van der Waals surface area contributed by atoms with E-state index < -0.39 is 19.7 Å². The Hall–Kier alpha value is -2.91. The monoisotopic (exact) mass is 396 g/mol. The van der Waals surface area contributed by atoms with Crippen LogP contribution in [0.4, 0.5) is 13.2 Å². The summed E-state index contributed by atoms with van der Waals surface area (Å²) in [5, 5.41) is 2.26. The molecule has 0 aliphatic rings. The molecule has 140 valence electrons. The van der Waals surface area contributed by atoms with E-state index in [1.807, 2.05) is 41.0 Å². The fraction of sp³-hybridized carbons (Fsp3) is 0.0455. The van der Waals surface area contributed by atoms with Gasteiger partial charge in [0, 0.05) is 26.0 Å². The lowest BCUT2D eigenvalue weighted by molar-refractivity contribution is -0.137. The van der Waals surface area contributed by atoms with Crippen molar-refractivity contribution in [3.8, 4) is 5.69 Å². The fourth-order valence-electron chi connectivity index (χ4n) is 3.01. The molecule has 0 atom stereocenters. The Kier molecular flexibility index (Phi) is 5.01. The van der Waals surface area contributed by atoms with Gasteiger partial charge < -0.3 is 0 Å². The molecule has 3 aromatic carbocycles. The molecule has 0 radical (unpaired) electrons. The van der Waals surface area contributed by atoms with Crippen molar-refractivity contribution in [1.82, 2.24) is 9.55 Å². The van der Waals surface area contributed by atoms with E-state index in [0.717, 1.165) is 28.3 Å². The van der Waals surface area contributed by atoms with Gasteiger partial charge in [0.25, 0.3) is 0 Å². The summed E-state index contributed by atoms with van der Waals surface area (Å²) in [5.41, 5.74) is 0.804. The first-order valence-electron chi connectivity index (χ1n) is 8.65. The molecule has 1 heterocycles. The normalized spacial score (nSPS) is 11.7. The molecular formula is C22H16F3N2P. The number of hydrogen-bond acceptors (Lipinski definition) is 1. The third kappa shape index (κ3) is 3.71. The van der Waals surface area contributed by atoms with Crippen molar-refractivity contribution in [3.63, 3.8) is 0 Å². The van der Waals surface area contributed by atoms with Gasteiger partial charge >= 0.3 is 6.18 Å². The topological polar surface area (TPSA) is 17.8 Å². The number of imidazole rings is 1. The minimum absolute atomic E-state index is 0.653. The molecule has 4 rings (SSSR count). The van der Waals surface area contributed by atoms with Gasteiger partial charge in [0.05, 0.1) is 5.56 Å². The van der Waals surface area contributed by atoms with Gasteiger partial charge in [-0.1, -0.05) is 60.7 Å². The van der Waals surface area contributed by atoms with Gasteiger partial charge in [0.2, 0.25) is 0 Å². The molecule has 1 aromatic heterocycles. The molecule has 0 unspecified atom stereocenters. The van der Waals surface area contributed by atoms with Crippen molar-refractivity contribution in [2.75, 3.05) is 0 Å². The van der Waals surface area contributed by atoms with Crippen molar-refractivity contribution >= 4 is 24.1 Å². The number of halogens is 3. The highest BCUT2D eigenvalue weighted by Gasteiger charge is 2.30. The van der Waals surface area contributed by atoms with Gasteiger partial charge in [-0.2, -0.15) is 13.2 Å². The standard InChI is InChI=1S/C22H16F3N2P/c23-22(24,25)17-11-13-18(14-12-17)27-16-15-26-21(27)28(19-7-3-1-4-8-19)20-9-5-2-6-10-20/h1-16H. The summed E-state index contributed by atoms with van der Waals surface area (Å²) >= 11 is 0. The van der Waals surface area contributed by atoms with Crippen molar-refractivity contribution in [2.45, 2.75) is 6.18 Å². The molecule has 0 bridgehead atoms. The molecule has 0 saturated heterocycles. The number of hydrogen-bond donors (Lipinski definition) is 0. The van der Waals surface area contributed by atoms with Crippen LogP contribution in [0, 0.1) is 0 Å². The van der Waals surface area contributed by atoms with Crippen LogP contribution >= 0.6 is 7.92 Å². The minimum atomic E-state index is -4.35. The Morgan fingerprint density at radius 1 is 0.714 bits per heavy atom. The second-order valence-electron chi connectivity index (χ2n) is 6.15. The molecule has 0 saturated carbocycles. The van der Waals surface area contributed by atoms with Gasteiger partial charge in [-0.25, -0.2) is 4.98 Å². The predicted octanol–water partition coefficient (Wildman–Crippen LogP) is 4.65. The molecule has 0 fully saturated rings. The molecular weight excluding hydrogens is 380 g/mol. The molecule has 28 heavy (non-hydrogen) atoms. The van der Waals surface area contributed by atoms with E-state index in [0.29, 0.717) is 5.69 Å². The zero-order valence-electron chi connectivity index (χ0n) is 14.7. The molecule has 2 nitrogen and oxygen atoms in total. The Balaban J connectivity index is 1.81. The number of aromatic nitrogens is 2. The average molecular weight is 396 g/mol. The van der Waals surface area contributed by atoms with E-state index in [2.05, 4.69) is 29.2 Å². The van der Waals surface area contributed by atoms with E-state index in [-0.39, 0.29) is 0 Å². The van der Waals surface area contributed by atoms with Crippen molar-refractivity contribution < 1.29 is 13.2 Å². The van der Waals surface area contributed by atoms with E-state index in [4.69, 9.17) is 0 Å². The van der Waals surface area contributed by atoms with E-state index in [9.17, 15) is 13.2 Å². The Morgan fingerprint density at radius 3 is 1.75 bits per heavy atom. The zero-order chi connectivity index (χ0) is 19.6. The number of rotatable bonds is 4. The molecule has 6 heteroatoms. The van der Waals surface area contributed by atoms with E-state index in [1.165, 1.54) is 12.1 Å². The molecule has 0 amide bonds. The fourth-order valence-corrected chi connectivity index (χ4v) is 5.29. The lowest BCUT2D eigenvalue weighted by Gasteiger charge is -2.20. The summed E-state index contributed by atoms with van der Waals surface area (Å²) in [5.74, 6) is 0. The van der Waals surface area contributed by atoms with Crippen LogP contribution in [0.15, 0.2) is 97.3 Å². The Labute approximate surface area is 162 Å². The molecule has 0 aliphatic heterocycles. The van der Waals surface area contributed by atoms with Crippen LogP contribution in [0.1, 0.15) is 5.56 Å². The summed E-state index contributed by atoms with van der Waals surface area (Å²) in [4.78, 5) is 4.59. The maximum atomic E-state index is 12.9. The maximum Gasteiger partial charge on any atom is 0.416 e. The quantitative estimate of drug-likeness (QED) is 0.459.